The highest BCUT2D eigenvalue weighted by atomic mass is 35.5. The number of halogens is 2. The second kappa shape index (κ2) is 6.59. The van der Waals surface area contributed by atoms with Gasteiger partial charge >= 0.3 is 0 Å². The predicted molar refractivity (Wildman–Crippen MR) is 91.2 cm³/mol. The SMILES string of the molecule is NNC(Cc1ccc(Cl)cc1Cl)C1CSc2ccccc21. The first-order chi connectivity index (χ1) is 10.2. The highest BCUT2D eigenvalue weighted by Gasteiger charge is 2.30. The van der Waals surface area contributed by atoms with Crippen LogP contribution in [0.5, 0.6) is 0 Å². The number of hydrazine groups is 1. The highest BCUT2D eigenvalue weighted by Crippen LogP contribution is 2.41. The quantitative estimate of drug-likeness (QED) is 0.646. The van der Waals surface area contributed by atoms with Crippen LogP contribution in [0.15, 0.2) is 47.4 Å². The molecule has 2 aromatic rings. The average molecular weight is 339 g/mol. The van der Waals surface area contributed by atoms with Gasteiger partial charge in [0.15, 0.2) is 0 Å². The fourth-order valence-electron chi connectivity index (χ4n) is 2.76. The van der Waals surface area contributed by atoms with Gasteiger partial charge < -0.3 is 0 Å². The van der Waals surface area contributed by atoms with E-state index in [1.165, 1.54) is 10.5 Å². The van der Waals surface area contributed by atoms with Crippen molar-refractivity contribution in [2.75, 3.05) is 5.75 Å². The molecule has 2 nitrogen and oxygen atoms in total. The molecule has 1 aliphatic rings. The van der Waals surface area contributed by atoms with E-state index in [1.54, 1.807) is 6.07 Å². The van der Waals surface area contributed by atoms with Crippen LogP contribution in [0.1, 0.15) is 17.0 Å². The molecule has 21 heavy (non-hydrogen) atoms. The summed E-state index contributed by atoms with van der Waals surface area (Å²) in [4.78, 5) is 1.35. The van der Waals surface area contributed by atoms with Gasteiger partial charge in [-0.1, -0.05) is 47.5 Å². The van der Waals surface area contributed by atoms with Crippen LogP contribution in [0.25, 0.3) is 0 Å². The molecule has 110 valence electrons. The minimum atomic E-state index is 0.153. The van der Waals surface area contributed by atoms with E-state index in [2.05, 4.69) is 29.7 Å². The molecule has 0 amide bonds. The monoisotopic (exact) mass is 338 g/mol. The van der Waals surface area contributed by atoms with Crippen molar-refractivity contribution in [3.05, 3.63) is 63.6 Å². The number of nitrogens with one attached hydrogen (secondary N) is 1. The smallest absolute Gasteiger partial charge is 0.0453 e. The molecule has 3 N–H and O–H groups in total. The van der Waals surface area contributed by atoms with E-state index in [9.17, 15) is 0 Å². The molecular formula is C16H16Cl2N2S. The van der Waals surface area contributed by atoms with E-state index in [-0.39, 0.29) is 6.04 Å². The van der Waals surface area contributed by atoms with Crippen molar-refractivity contribution in [2.45, 2.75) is 23.3 Å². The summed E-state index contributed by atoms with van der Waals surface area (Å²) in [5.74, 6) is 7.24. The van der Waals surface area contributed by atoms with Crippen LogP contribution < -0.4 is 11.3 Å². The Balaban J connectivity index is 1.83. The van der Waals surface area contributed by atoms with Crippen LogP contribution in [-0.2, 0) is 6.42 Å². The van der Waals surface area contributed by atoms with E-state index < -0.39 is 0 Å². The van der Waals surface area contributed by atoms with Gasteiger partial charge in [-0.2, -0.15) is 0 Å². The third-order valence-corrected chi connectivity index (χ3v) is 5.69. The predicted octanol–water partition coefficient (Wildman–Crippen LogP) is 4.26. The standard InChI is InChI=1S/C16H16Cl2N2S/c17-11-6-5-10(14(18)8-11)7-15(20-19)13-9-21-16-4-2-1-3-12(13)16/h1-6,8,13,15,20H,7,9,19H2. The minimum Gasteiger partial charge on any atom is -0.271 e. The number of rotatable bonds is 4. The minimum absolute atomic E-state index is 0.153. The van der Waals surface area contributed by atoms with Gasteiger partial charge in [-0.3, -0.25) is 11.3 Å². The molecule has 2 unspecified atom stereocenters. The molecule has 1 aliphatic heterocycles. The van der Waals surface area contributed by atoms with Crippen LogP contribution in [0.4, 0.5) is 0 Å². The first kappa shape index (κ1) is 15.2. The summed E-state index contributed by atoms with van der Waals surface area (Å²) in [5, 5.41) is 1.35. The molecule has 0 radical (unpaired) electrons. The lowest BCUT2D eigenvalue weighted by Crippen LogP contribution is -2.41. The van der Waals surface area contributed by atoms with Crippen molar-refractivity contribution in [1.82, 2.24) is 5.43 Å². The fourth-order valence-corrected chi connectivity index (χ4v) is 4.58. The third-order valence-electron chi connectivity index (χ3n) is 3.89. The number of hydrogen-bond donors (Lipinski definition) is 2. The molecule has 0 spiro atoms. The average Bonchev–Trinajstić information content (AvgIpc) is 2.91. The van der Waals surface area contributed by atoms with E-state index >= 15 is 0 Å². The first-order valence-corrected chi connectivity index (χ1v) is 8.55. The molecule has 1 heterocycles. The second-order valence-corrected chi connectivity index (χ2v) is 7.07. The Hall–Kier alpha value is -0.710. The lowest BCUT2D eigenvalue weighted by molar-refractivity contribution is 0.463. The lowest BCUT2D eigenvalue weighted by Gasteiger charge is -2.23. The maximum absolute atomic E-state index is 6.28. The molecule has 3 rings (SSSR count). The van der Waals surface area contributed by atoms with Crippen molar-refractivity contribution in [2.24, 2.45) is 5.84 Å². The maximum Gasteiger partial charge on any atom is 0.0453 e. The van der Waals surface area contributed by atoms with Crippen LogP contribution in [0.2, 0.25) is 10.0 Å². The number of hydrogen-bond acceptors (Lipinski definition) is 3. The van der Waals surface area contributed by atoms with Gasteiger partial charge in [0.25, 0.3) is 0 Å². The fraction of sp³-hybridized carbons (Fsp3) is 0.250. The van der Waals surface area contributed by atoms with Gasteiger partial charge in [0.05, 0.1) is 0 Å². The Kier molecular flexibility index (Phi) is 4.77. The van der Waals surface area contributed by atoms with Crippen molar-refractivity contribution >= 4 is 35.0 Å². The summed E-state index contributed by atoms with van der Waals surface area (Å²) in [6, 6.07) is 14.3. The Bertz CT molecular complexity index is 648. The van der Waals surface area contributed by atoms with Gasteiger partial charge in [0, 0.05) is 32.7 Å². The summed E-state index contributed by atoms with van der Waals surface area (Å²) < 4.78 is 0. The topological polar surface area (TPSA) is 38.0 Å². The normalized spacial score (nSPS) is 18.5. The van der Waals surface area contributed by atoms with Crippen molar-refractivity contribution in [3.8, 4) is 0 Å². The number of thioether (sulfide) groups is 1. The van der Waals surface area contributed by atoms with Crippen molar-refractivity contribution in [1.29, 1.82) is 0 Å². The van der Waals surface area contributed by atoms with Gasteiger partial charge in [-0.15, -0.1) is 11.8 Å². The summed E-state index contributed by atoms with van der Waals surface area (Å²) in [7, 11) is 0. The molecule has 0 fully saturated rings. The van der Waals surface area contributed by atoms with Gasteiger partial charge in [-0.25, -0.2) is 0 Å². The van der Waals surface area contributed by atoms with Gasteiger partial charge in [-0.05, 0) is 35.7 Å². The largest absolute Gasteiger partial charge is 0.271 e. The van der Waals surface area contributed by atoms with Crippen LogP contribution in [0, 0.1) is 0 Å². The molecule has 2 aromatic carbocycles. The summed E-state index contributed by atoms with van der Waals surface area (Å²) >= 11 is 14.1. The molecular weight excluding hydrogens is 323 g/mol. The Morgan fingerprint density at radius 2 is 2.05 bits per heavy atom. The molecule has 5 heteroatoms. The summed E-state index contributed by atoms with van der Waals surface area (Å²) in [5.41, 5.74) is 5.41. The Morgan fingerprint density at radius 1 is 1.24 bits per heavy atom. The zero-order valence-electron chi connectivity index (χ0n) is 11.4. The van der Waals surface area contributed by atoms with E-state index in [0.717, 1.165) is 17.7 Å². The van der Waals surface area contributed by atoms with Crippen molar-refractivity contribution < 1.29 is 0 Å². The lowest BCUT2D eigenvalue weighted by atomic mass is 9.89. The number of benzene rings is 2. The maximum atomic E-state index is 6.28. The molecule has 0 aromatic heterocycles. The Morgan fingerprint density at radius 3 is 2.81 bits per heavy atom. The van der Waals surface area contributed by atoms with Gasteiger partial charge in [0.2, 0.25) is 0 Å². The summed E-state index contributed by atoms with van der Waals surface area (Å²) in [6.45, 7) is 0. The zero-order valence-corrected chi connectivity index (χ0v) is 13.7. The highest BCUT2D eigenvalue weighted by molar-refractivity contribution is 7.99. The summed E-state index contributed by atoms with van der Waals surface area (Å²) in [6.07, 6.45) is 0.784. The zero-order chi connectivity index (χ0) is 14.8. The molecule has 0 aliphatic carbocycles. The van der Waals surface area contributed by atoms with Crippen LogP contribution in [0.3, 0.4) is 0 Å². The van der Waals surface area contributed by atoms with E-state index in [4.69, 9.17) is 29.0 Å². The van der Waals surface area contributed by atoms with E-state index in [0.29, 0.717) is 16.0 Å². The Labute approximate surface area is 139 Å². The van der Waals surface area contributed by atoms with Gasteiger partial charge in [0.1, 0.15) is 0 Å². The van der Waals surface area contributed by atoms with Crippen molar-refractivity contribution in [3.63, 3.8) is 0 Å². The third kappa shape index (κ3) is 3.22. The molecule has 0 saturated carbocycles. The molecule has 2 atom stereocenters. The molecule has 0 bridgehead atoms. The van der Waals surface area contributed by atoms with Crippen LogP contribution >= 0.6 is 35.0 Å². The number of nitrogens with two attached hydrogens (primary N) is 1. The second-order valence-electron chi connectivity index (χ2n) is 5.17. The van der Waals surface area contributed by atoms with E-state index in [1.807, 2.05) is 23.9 Å². The van der Waals surface area contributed by atoms with Crippen LogP contribution in [-0.4, -0.2) is 11.8 Å². The first-order valence-electron chi connectivity index (χ1n) is 6.81. The molecule has 0 saturated heterocycles. The number of fused-ring (bicyclic) bond motifs is 1.